The van der Waals surface area contributed by atoms with Gasteiger partial charge in [0.05, 0.1) is 18.0 Å². The Morgan fingerprint density at radius 2 is 2.08 bits per heavy atom. The normalized spacial score (nSPS) is 10.8. The van der Waals surface area contributed by atoms with E-state index in [0.29, 0.717) is 18.9 Å². The molecule has 0 aliphatic heterocycles. The van der Waals surface area contributed by atoms with Gasteiger partial charge in [0, 0.05) is 31.9 Å². The van der Waals surface area contributed by atoms with Crippen LogP contribution in [0.4, 0.5) is 8.78 Å². The van der Waals surface area contributed by atoms with Gasteiger partial charge in [-0.25, -0.2) is 13.8 Å². The van der Waals surface area contributed by atoms with E-state index < -0.39 is 11.6 Å². The van der Waals surface area contributed by atoms with Crippen molar-refractivity contribution in [2.45, 2.75) is 19.3 Å². The highest BCUT2D eigenvalue weighted by molar-refractivity contribution is 5.76. The molecule has 3 aromatic rings. The van der Waals surface area contributed by atoms with Crippen LogP contribution in [0.2, 0.25) is 0 Å². The number of halogens is 2. The fourth-order valence-corrected chi connectivity index (χ4v) is 2.33. The van der Waals surface area contributed by atoms with Crippen molar-refractivity contribution in [3.05, 3.63) is 66.1 Å². The van der Waals surface area contributed by atoms with E-state index in [-0.39, 0.29) is 30.1 Å². The lowest BCUT2D eigenvalue weighted by Crippen LogP contribution is -2.25. The summed E-state index contributed by atoms with van der Waals surface area (Å²) in [6, 6.07) is 6.85. The highest BCUT2D eigenvalue weighted by Gasteiger charge is 2.13. The summed E-state index contributed by atoms with van der Waals surface area (Å²) in [5.74, 6) is -0.200. The number of aryl methyl sites for hydroxylation is 1. The van der Waals surface area contributed by atoms with Crippen molar-refractivity contribution in [2.24, 2.45) is 0 Å². The van der Waals surface area contributed by atoms with Crippen molar-refractivity contribution in [2.75, 3.05) is 6.54 Å². The lowest BCUT2D eigenvalue weighted by molar-refractivity contribution is -0.121. The van der Waals surface area contributed by atoms with Crippen molar-refractivity contribution in [3.63, 3.8) is 0 Å². The molecule has 2 aromatic heterocycles. The molecule has 0 fully saturated rings. The highest BCUT2D eigenvalue weighted by atomic mass is 19.1. The van der Waals surface area contributed by atoms with E-state index in [9.17, 15) is 13.6 Å². The van der Waals surface area contributed by atoms with E-state index in [1.54, 1.807) is 12.3 Å². The van der Waals surface area contributed by atoms with E-state index in [1.807, 2.05) is 6.07 Å². The average Bonchev–Trinajstić information content (AvgIpc) is 3.25. The lowest BCUT2D eigenvalue weighted by atomic mass is 10.2. The molecule has 0 unspecified atom stereocenters. The Balaban J connectivity index is 1.49. The topological polar surface area (TPSA) is 68.3 Å². The first-order valence-electron chi connectivity index (χ1n) is 7.81. The molecule has 0 spiro atoms. The van der Waals surface area contributed by atoms with Gasteiger partial charge in [-0.1, -0.05) is 0 Å². The zero-order chi connectivity index (χ0) is 17.6. The van der Waals surface area contributed by atoms with Crippen LogP contribution in [0.3, 0.4) is 0 Å². The molecule has 5 nitrogen and oxygen atoms in total. The second kappa shape index (κ2) is 7.74. The zero-order valence-electron chi connectivity index (χ0n) is 13.3. The van der Waals surface area contributed by atoms with Crippen LogP contribution >= 0.6 is 0 Å². The van der Waals surface area contributed by atoms with Crippen molar-refractivity contribution >= 4 is 5.91 Å². The SMILES string of the molecule is O=C(CCc1ncc(-c2ccc(F)cc2F)o1)NCCc1ccco1. The van der Waals surface area contributed by atoms with Crippen LogP contribution in [-0.4, -0.2) is 17.4 Å². The van der Waals surface area contributed by atoms with E-state index in [4.69, 9.17) is 8.83 Å². The zero-order valence-corrected chi connectivity index (χ0v) is 13.3. The molecule has 2 heterocycles. The van der Waals surface area contributed by atoms with Crippen LogP contribution in [-0.2, 0) is 17.6 Å². The molecule has 0 radical (unpaired) electrons. The van der Waals surface area contributed by atoms with Gasteiger partial charge in [0.15, 0.2) is 11.7 Å². The molecule has 1 aromatic carbocycles. The molecular weight excluding hydrogens is 330 g/mol. The average molecular weight is 346 g/mol. The van der Waals surface area contributed by atoms with Gasteiger partial charge in [0.1, 0.15) is 17.4 Å². The van der Waals surface area contributed by atoms with Crippen LogP contribution in [0.5, 0.6) is 0 Å². The minimum Gasteiger partial charge on any atom is -0.469 e. The number of furan rings is 1. The van der Waals surface area contributed by atoms with Gasteiger partial charge in [0.2, 0.25) is 5.91 Å². The molecule has 1 amide bonds. The predicted molar refractivity (Wildman–Crippen MR) is 85.6 cm³/mol. The molecule has 0 aliphatic rings. The summed E-state index contributed by atoms with van der Waals surface area (Å²) in [4.78, 5) is 15.8. The van der Waals surface area contributed by atoms with Crippen LogP contribution in [0, 0.1) is 11.6 Å². The first kappa shape index (κ1) is 16.9. The van der Waals surface area contributed by atoms with Gasteiger partial charge in [-0.15, -0.1) is 0 Å². The monoisotopic (exact) mass is 346 g/mol. The number of carbonyl (C=O) groups is 1. The van der Waals surface area contributed by atoms with Gasteiger partial charge < -0.3 is 14.2 Å². The molecule has 0 bridgehead atoms. The Kier molecular flexibility index (Phi) is 5.23. The maximum atomic E-state index is 13.7. The van der Waals surface area contributed by atoms with Crippen LogP contribution < -0.4 is 5.32 Å². The van der Waals surface area contributed by atoms with E-state index in [0.717, 1.165) is 17.9 Å². The number of nitrogens with one attached hydrogen (secondary N) is 1. The van der Waals surface area contributed by atoms with Crippen LogP contribution in [0.15, 0.2) is 51.6 Å². The number of benzene rings is 1. The number of rotatable bonds is 7. The quantitative estimate of drug-likeness (QED) is 0.711. The Labute approximate surface area is 142 Å². The number of amides is 1. The summed E-state index contributed by atoms with van der Waals surface area (Å²) in [6.45, 7) is 0.476. The third kappa shape index (κ3) is 4.53. The minimum atomic E-state index is -0.724. The van der Waals surface area contributed by atoms with Crippen LogP contribution in [0.1, 0.15) is 18.1 Å². The van der Waals surface area contributed by atoms with Gasteiger partial charge >= 0.3 is 0 Å². The van der Waals surface area contributed by atoms with Gasteiger partial charge in [-0.05, 0) is 24.3 Å². The van der Waals surface area contributed by atoms with Crippen molar-refractivity contribution < 1.29 is 22.4 Å². The van der Waals surface area contributed by atoms with E-state index in [2.05, 4.69) is 10.3 Å². The molecule has 0 saturated heterocycles. The molecule has 25 heavy (non-hydrogen) atoms. The Morgan fingerprint density at radius 1 is 1.20 bits per heavy atom. The number of oxazole rings is 1. The second-order valence-electron chi connectivity index (χ2n) is 5.42. The number of nitrogens with zero attached hydrogens (tertiary/aromatic N) is 1. The van der Waals surface area contributed by atoms with Crippen LogP contribution in [0.25, 0.3) is 11.3 Å². The summed E-state index contributed by atoms with van der Waals surface area (Å²) in [5.41, 5.74) is 0.128. The molecule has 7 heteroatoms. The smallest absolute Gasteiger partial charge is 0.220 e. The maximum Gasteiger partial charge on any atom is 0.220 e. The third-order valence-electron chi connectivity index (χ3n) is 3.59. The molecule has 1 N–H and O–H groups in total. The predicted octanol–water partition coefficient (Wildman–Crippen LogP) is 3.50. The number of aromatic nitrogens is 1. The standard InChI is InChI=1S/C18H16F2N2O3/c19-12-3-4-14(15(20)10-12)16-11-22-18(25-16)6-5-17(23)21-8-7-13-2-1-9-24-13/h1-4,9-11H,5-8H2,(H,21,23). The van der Waals surface area contributed by atoms with E-state index >= 15 is 0 Å². The van der Waals surface area contributed by atoms with Crippen molar-refractivity contribution in [1.82, 2.24) is 10.3 Å². The summed E-state index contributed by atoms with van der Waals surface area (Å²) in [5, 5.41) is 2.77. The molecule has 0 saturated carbocycles. The molecular formula is C18H16F2N2O3. The molecule has 130 valence electrons. The van der Waals surface area contributed by atoms with Gasteiger partial charge in [-0.3, -0.25) is 4.79 Å². The highest BCUT2D eigenvalue weighted by Crippen LogP contribution is 2.24. The summed E-state index contributed by atoms with van der Waals surface area (Å²) < 4.78 is 37.3. The number of hydrogen-bond acceptors (Lipinski definition) is 4. The fraction of sp³-hybridized carbons (Fsp3) is 0.222. The molecule has 0 atom stereocenters. The largest absolute Gasteiger partial charge is 0.469 e. The third-order valence-corrected chi connectivity index (χ3v) is 3.59. The van der Waals surface area contributed by atoms with Crippen molar-refractivity contribution in [1.29, 1.82) is 0 Å². The minimum absolute atomic E-state index is 0.128. The molecule has 0 aliphatic carbocycles. The number of carbonyl (C=O) groups excluding carboxylic acids is 1. The van der Waals surface area contributed by atoms with Crippen molar-refractivity contribution in [3.8, 4) is 11.3 Å². The second-order valence-corrected chi connectivity index (χ2v) is 5.42. The number of hydrogen-bond donors (Lipinski definition) is 1. The summed E-state index contributed by atoms with van der Waals surface area (Å²) in [7, 11) is 0. The Hall–Kier alpha value is -2.96. The van der Waals surface area contributed by atoms with E-state index in [1.165, 1.54) is 12.3 Å². The summed E-state index contributed by atoms with van der Waals surface area (Å²) in [6.07, 6.45) is 4.05. The first-order valence-corrected chi connectivity index (χ1v) is 7.81. The van der Waals surface area contributed by atoms with Gasteiger partial charge in [-0.2, -0.15) is 0 Å². The maximum absolute atomic E-state index is 13.7. The Morgan fingerprint density at radius 3 is 2.84 bits per heavy atom. The first-order chi connectivity index (χ1) is 12.1. The summed E-state index contributed by atoms with van der Waals surface area (Å²) >= 11 is 0. The van der Waals surface area contributed by atoms with Gasteiger partial charge in [0.25, 0.3) is 0 Å². The molecule has 3 rings (SSSR count). The Bertz CT molecular complexity index is 844. The fourth-order valence-electron chi connectivity index (χ4n) is 2.33. The lowest BCUT2D eigenvalue weighted by Gasteiger charge is -2.02.